The van der Waals surface area contributed by atoms with E-state index in [9.17, 15) is 4.39 Å². The maximum Gasteiger partial charge on any atom is 0.191 e. The van der Waals surface area contributed by atoms with Crippen molar-refractivity contribution in [2.45, 2.75) is 19.6 Å². The van der Waals surface area contributed by atoms with Gasteiger partial charge in [0.05, 0.1) is 40.0 Å². The number of halogens is 1. The number of hydrogen-bond acceptors (Lipinski definition) is 5. The number of guanidine groups is 1. The number of hydrogen-bond donors (Lipinski definition) is 2. The first kappa shape index (κ1) is 22.1. The van der Waals surface area contributed by atoms with Crippen molar-refractivity contribution in [2.24, 2.45) is 4.99 Å². The lowest BCUT2D eigenvalue weighted by molar-refractivity contribution is 0.223. The minimum absolute atomic E-state index is 0.194. The Bertz CT molecular complexity index is 804. The Morgan fingerprint density at radius 2 is 1.69 bits per heavy atom. The molecule has 0 bridgehead atoms. The third-order valence-corrected chi connectivity index (χ3v) is 4.16. The van der Waals surface area contributed by atoms with Crippen LogP contribution in [-0.4, -0.2) is 47.0 Å². The summed E-state index contributed by atoms with van der Waals surface area (Å²) in [5, 5.41) is 6.41. The van der Waals surface area contributed by atoms with Crippen LogP contribution in [0.25, 0.3) is 0 Å². The molecule has 29 heavy (non-hydrogen) atoms. The molecule has 1 atom stereocenters. The van der Waals surface area contributed by atoms with E-state index in [-0.39, 0.29) is 11.9 Å². The molecule has 0 amide bonds. The quantitative estimate of drug-likeness (QED) is 0.494. The van der Waals surface area contributed by atoms with E-state index in [4.69, 9.17) is 18.9 Å². The average Bonchev–Trinajstić information content (AvgIpc) is 2.73. The summed E-state index contributed by atoms with van der Waals surface area (Å²) in [6.45, 7) is 2.79. The average molecular weight is 405 g/mol. The van der Waals surface area contributed by atoms with E-state index >= 15 is 0 Å². The van der Waals surface area contributed by atoms with Crippen LogP contribution in [0.2, 0.25) is 0 Å². The number of nitrogens with zero attached hydrogens (tertiary/aromatic N) is 1. The van der Waals surface area contributed by atoms with Crippen molar-refractivity contribution in [1.82, 2.24) is 10.6 Å². The van der Waals surface area contributed by atoms with Gasteiger partial charge in [0.2, 0.25) is 0 Å². The summed E-state index contributed by atoms with van der Waals surface area (Å²) < 4.78 is 35.2. The van der Waals surface area contributed by atoms with Crippen LogP contribution in [0.4, 0.5) is 4.39 Å². The zero-order valence-corrected chi connectivity index (χ0v) is 17.4. The monoisotopic (exact) mass is 405 g/mol. The highest BCUT2D eigenvalue weighted by Crippen LogP contribution is 2.33. The fourth-order valence-electron chi connectivity index (χ4n) is 2.70. The minimum Gasteiger partial charge on any atom is -0.496 e. The van der Waals surface area contributed by atoms with Crippen LogP contribution in [0, 0.1) is 5.82 Å². The predicted molar refractivity (Wildman–Crippen MR) is 111 cm³/mol. The van der Waals surface area contributed by atoms with Crippen molar-refractivity contribution < 1.29 is 23.3 Å². The molecule has 0 aliphatic rings. The number of ether oxygens (including phenoxy) is 4. The van der Waals surface area contributed by atoms with Crippen LogP contribution in [-0.2, 0) is 6.54 Å². The van der Waals surface area contributed by atoms with E-state index in [0.717, 1.165) is 5.56 Å². The Balaban J connectivity index is 1.95. The molecule has 0 aliphatic carbocycles. The molecule has 0 saturated heterocycles. The molecule has 2 aromatic carbocycles. The Morgan fingerprint density at radius 1 is 1.00 bits per heavy atom. The number of aliphatic imine (C=N–C) groups is 1. The second kappa shape index (κ2) is 11.0. The minimum atomic E-state index is -0.331. The fraction of sp³-hybridized carbons (Fsp3) is 0.381. The second-order valence-corrected chi connectivity index (χ2v) is 6.20. The topological polar surface area (TPSA) is 73.3 Å². The van der Waals surface area contributed by atoms with Crippen LogP contribution < -0.4 is 29.6 Å². The molecule has 2 rings (SSSR count). The van der Waals surface area contributed by atoms with Crippen LogP contribution >= 0.6 is 0 Å². The molecule has 7 nitrogen and oxygen atoms in total. The molecule has 0 saturated carbocycles. The smallest absolute Gasteiger partial charge is 0.191 e. The lowest BCUT2D eigenvalue weighted by Gasteiger charge is -2.19. The summed E-state index contributed by atoms with van der Waals surface area (Å²) in [5.74, 6) is 2.67. The van der Waals surface area contributed by atoms with Gasteiger partial charge < -0.3 is 29.6 Å². The number of rotatable bonds is 9. The molecule has 0 aromatic heterocycles. The first-order valence-corrected chi connectivity index (χ1v) is 9.16. The van der Waals surface area contributed by atoms with Gasteiger partial charge in [-0.3, -0.25) is 4.99 Å². The molecule has 2 N–H and O–H groups in total. The third kappa shape index (κ3) is 6.44. The summed E-state index contributed by atoms with van der Waals surface area (Å²) in [7, 11) is 6.45. The van der Waals surface area contributed by atoms with Crippen molar-refractivity contribution in [2.75, 3.05) is 34.9 Å². The van der Waals surface area contributed by atoms with Gasteiger partial charge in [0, 0.05) is 25.2 Å². The first-order valence-electron chi connectivity index (χ1n) is 9.16. The van der Waals surface area contributed by atoms with Crippen LogP contribution in [0.5, 0.6) is 23.0 Å². The van der Waals surface area contributed by atoms with Crippen molar-refractivity contribution in [1.29, 1.82) is 0 Å². The van der Waals surface area contributed by atoms with Crippen molar-refractivity contribution in [3.05, 3.63) is 47.8 Å². The summed E-state index contributed by atoms with van der Waals surface area (Å²) in [5.41, 5.74) is 0.836. The van der Waals surface area contributed by atoms with E-state index in [1.165, 1.54) is 12.1 Å². The van der Waals surface area contributed by atoms with Crippen molar-refractivity contribution in [3.63, 3.8) is 0 Å². The molecule has 0 radical (unpaired) electrons. The highest BCUT2D eigenvalue weighted by molar-refractivity contribution is 5.79. The zero-order chi connectivity index (χ0) is 21.2. The lowest BCUT2D eigenvalue weighted by Crippen LogP contribution is -2.41. The van der Waals surface area contributed by atoms with Gasteiger partial charge in [-0.15, -0.1) is 0 Å². The number of benzene rings is 2. The third-order valence-electron chi connectivity index (χ3n) is 4.16. The van der Waals surface area contributed by atoms with Gasteiger partial charge in [0.25, 0.3) is 0 Å². The maximum absolute atomic E-state index is 13.3. The fourth-order valence-corrected chi connectivity index (χ4v) is 2.70. The summed E-state index contributed by atoms with van der Waals surface area (Å²) >= 11 is 0. The molecular weight excluding hydrogens is 377 g/mol. The van der Waals surface area contributed by atoms with E-state index in [1.54, 1.807) is 52.6 Å². The Labute approximate surface area is 170 Å². The zero-order valence-electron chi connectivity index (χ0n) is 17.4. The summed E-state index contributed by atoms with van der Waals surface area (Å²) in [6, 6.07) is 9.65. The molecule has 0 fully saturated rings. The van der Waals surface area contributed by atoms with Crippen molar-refractivity contribution in [3.8, 4) is 23.0 Å². The standard InChI is InChI=1S/C21H28FN3O4/c1-14(29-16-8-6-7-15(22)9-16)12-24-21(23-2)25-13-18-19(27-4)10-17(26-3)11-20(18)28-5/h6-11,14H,12-13H2,1-5H3,(H2,23,24,25). The van der Waals surface area contributed by atoms with Gasteiger partial charge in [-0.1, -0.05) is 6.07 Å². The van der Waals surface area contributed by atoms with Gasteiger partial charge >= 0.3 is 0 Å². The molecule has 2 aromatic rings. The van der Waals surface area contributed by atoms with Crippen LogP contribution in [0.3, 0.4) is 0 Å². The van der Waals surface area contributed by atoms with Crippen LogP contribution in [0.1, 0.15) is 12.5 Å². The molecular formula is C21H28FN3O4. The van der Waals surface area contributed by atoms with Crippen LogP contribution in [0.15, 0.2) is 41.4 Å². The summed E-state index contributed by atoms with van der Waals surface area (Å²) in [4.78, 5) is 4.21. The molecule has 158 valence electrons. The van der Waals surface area contributed by atoms with Gasteiger partial charge in [-0.2, -0.15) is 0 Å². The van der Waals surface area contributed by atoms with Crippen molar-refractivity contribution >= 4 is 5.96 Å². The Hall–Kier alpha value is -3.16. The van der Waals surface area contributed by atoms with E-state index in [2.05, 4.69) is 15.6 Å². The van der Waals surface area contributed by atoms with E-state index in [0.29, 0.717) is 42.0 Å². The highest BCUT2D eigenvalue weighted by Gasteiger charge is 2.14. The normalized spacial score (nSPS) is 12.1. The molecule has 0 heterocycles. The van der Waals surface area contributed by atoms with E-state index in [1.807, 2.05) is 6.92 Å². The predicted octanol–water partition coefficient (Wildman–Crippen LogP) is 2.98. The van der Waals surface area contributed by atoms with Gasteiger partial charge in [-0.25, -0.2) is 4.39 Å². The largest absolute Gasteiger partial charge is 0.496 e. The number of nitrogens with one attached hydrogen (secondary N) is 2. The second-order valence-electron chi connectivity index (χ2n) is 6.20. The summed E-state index contributed by atoms with van der Waals surface area (Å²) in [6.07, 6.45) is -0.194. The van der Waals surface area contributed by atoms with E-state index < -0.39 is 0 Å². The number of methoxy groups -OCH3 is 3. The molecule has 0 spiro atoms. The lowest BCUT2D eigenvalue weighted by atomic mass is 10.1. The highest BCUT2D eigenvalue weighted by atomic mass is 19.1. The Kier molecular flexibility index (Phi) is 8.39. The first-order chi connectivity index (χ1) is 14.0. The van der Waals surface area contributed by atoms with Gasteiger partial charge in [0.15, 0.2) is 5.96 Å². The van der Waals surface area contributed by atoms with Gasteiger partial charge in [-0.05, 0) is 19.1 Å². The van der Waals surface area contributed by atoms with Gasteiger partial charge in [0.1, 0.15) is 34.9 Å². The molecule has 8 heteroatoms. The maximum atomic E-state index is 13.3. The molecule has 1 unspecified atom stereocenters. The molecule has 0 aliphatic heterocycles. The SMILES string of the molecule is CN=C(NCc1c(OC)cc(OC)cc1OC)NCC(C)Oc1cccc(F)c1. The Morgan fingerprint density at radius 3 is 2.24 bits per heavy atom.